The molecule has 1 aromatic rings. The van der Waals surface area contributed by atoms with Gasteiger partial charge in [-0.2, -0.15) is 0 Å². The maximum Gasteiger partial charge on any atom is 0.243 e. The number of likely N-dealkylation sites (tertiary alicyclic amines) is 1. The molecular weight excluding hydrogens is 314 g/mol. The van der Waals surface area contributed by atoms with Crippen molar-refractivity contribution >= 4 is 29.1 Å². The number of anilines is 1. The predicted octanol–water partition coefficient (Wildman–Crippen LogP) is 2.44. The number of amides is 2. The number of halogens is 1. The van der Waals surface area contributed by atoms with Crippen LogP contribution in [0.3, 0.4) is 0 Å². The summed E-state index contributed by atoms with van der Waals surface area (Å²) in [5, 5.41) is 6.04. The van der Waals surface area contributed by atoms with E-state index < -0.39 is 0 Å². The molecule has 1 heterocycles. The van der Waals surface area contributed by atoms with Gasteiger partial charge in [-0.1, -0.05) is 24.6 Å². The van der Waals surface area contributed by atoms with E-state index >= 15 is 0 Å². The van der Waals surface area contributed by atoms with E-state index in [1.807, 2.05) is 6.92 Å². The zero-order valence-corrected chi connectivity index (χ0v) is 14.4. The Morgan fingerprint density at radius 2 is 2.13 bits per heavy atom. The minimum Gasteiger partial charge on any atom is -0.346 e. The molecule has 0 bridgehead atoms. The molecule has 2 N–H and O–H groups in total. The summed E-state index contributed by atoms with van der Waals surface area (Å²) in [6.45, 7) is 6.26. The normalized spacial score (nSPS) is 18.5. The summed E-state index contributed by atoms with van der Waals surface area (Å²) in [5.41, 5.74) is 1.48. The van der Waals surface area contributed by atoms with Crippen LogP contribution in [0.25, 0.3) is 0 Å². The van der Waals surface area contributed by atoms with Crippen molar-refractivity contribution in [1.82, 2.24) is 10.2 Å². The molecule has 2 amide bonds. The van der Waals surface area contributed by atoms with Gasteiger partial charge in [0.05, 0.1) is 13.1 Å². The third-order valence-electron chi connectivity index (χ3n) is 4.10. The van der Waals surface area contributed by atoms with E-state index in [1.165, 1.54) is 6.42 Å². The highest BCUT2D eigenvalue weighted by Crippen LogP contribution is 2.22. The second-order valence-corrected chi connectivity index (χ2v) is 6.63. The third kappa shape index (κ3) is 5.52. The van der Waals surface area contributed by atoms with E-state index in [9.17, 15) is 9.59 Å². The van der Waals surface area contributed by atoms with Crippen LogP contribution in [0, 0.1) is 12.8 Å². The van der Waals surface area contributed by atoms with Gasteiger partial charge in [-0.05, 0) is 49.9 Å². The highest BCUT2D eigenvalue weighted by atomic mass is 35.5. The second-order valence-electron chi connectivity index (χ2n) is 6.22. The van der Waals surface area contributed by atoms with Crippen molar-refractivity contribution in [3.8, 4) is 0 Å². The van der Waals surface area contributed by atoms with Crippen molar-refractivity contribution < 1.29 is 9.59 Å². The van der Waals surface area contributed by atoms with Crippen LogP contribution in [-0.2, 0) is 9.59 Å². The fraction of sp³-hybridized carbons (Fsp3) is 0.529. The van der Waals surface area contributed by atoms with E-state index in [-0.39, 0.29) is 18.4 Å². The van der Waals surface area contributed by atoms with Gasteiger partial charge in [-0.3, -0.25) is 14.5 Å². The molecule has 5 nitrogen and oxygen atoms in total. The summed E-state index contributed by atoms with van der Waals surface area (Å²) in [4.78, 5) is 26.0. The summed E-state index contributed by atoms with van der Waals surface area (Å²) < 4.78 is 0. The molecule has 6 heteroatoms. The molecule has 1 aliphatic rings. The lowest BCUT2D eigenvalue weighted by molar-refractivity contribution is -0.125. The quantitative estimate of drug-likeness (QED) is 0.867. The van der Waals surface area contributed by atoms with E-state index in [1.54, 1.807) is 18.2 Å². The molecule has 0 spiro atoms. The van der Waals surface area contributed by atoms with Crippen LogP contribution in [0.15, 0.2) is 18.2 Å². The molecule has 0 unspecified atom stereocenters. The zero-order valence-electron chi connectivity index (χ0n) is 13.7. The number of hydrogen-bond donors (Lipinski definition) is 2. The van der Waals surface area contributed by atoms with Gasteiger partial charge in [-0.15, -0.1) is 0 Å². The second kappa shape index (κ2) is 8.31. The van der Waals surface area contributed by atoms with E-state index in [2.05, 4.69) is 22.5 Å². The molecule has 1 aliphatic heterocycles. The molecule has 1 aromatic carbocycles. The van der Waals surface area contributed by atoms with Crippen molar-refractivity contribution in [2.45, 2.75) is 26.7 Å². The van der Waals surface area contributed by atoms with Gasteiger partial charge in [-0.25, -0.2) is 0 Å². The maximum absolute atomic E-state index is 11.9. The van der Waals surface area contributed by atoms with Crippen LogP contribution in [0.5, 0.6) is 0 Å². The Balaban J connectivity index is 1.75. The average molecular weight is 338 g/mol. The molecule has 0 aliphatic carbocycles. The molecule has 0 saturated carbocycles. The van der Waals surface area contributed by atoms with Crippen LogP contribution >= 0.6 is 11.6 Å². The molecule has 0 radical (unpaired) electrons. The Bertz CT molecular complexity index is 577. The lowest BCUT2D eigenvalue weighted by Crippen LogP contribution is -2.43. The minimum atomic E-state index is -0.254. The Hall–Kier alpha value is -1.59. The SMILES string of the molecule is Cc1c(Cl)cccc1NC(=O)CNC(=O)CN1CCC[C@@H](C)C1. The Labute approximate surface area is 142 Å². The first-order valence-electron chi connectivity index (χ1n) is 7.99. The molecule has 0 aromatic heterocycles. The summed E-state index contributed by atoms with van der Waals surface area (Å²) in [6.07, 6.45) is 2.35. The number of piperidine rings is 1. The number of nitrogens with zero attached hydrogens (tertiary/aromatic N) is 1. The summed E-state index contributed by atoms with van der Waals surface area (Å²) >= 11 is 6.02. The Morgan fingerprint density at radius 3 is 2.87 bits per heavy atom. The van der Waals surface area contributed by atoms with Gasteiger partial charge in [0.15, 0.2) is 0 Å². The van der Waals surface area contributed by atoms with Gasteiger partial charge in [0.25, 0.3) is 0 Å². The largest absolute Gasteiger partial charge is 0.346 e. The molecule has 126 valence electrons. The summed E-state index contributed by atoms with van der Waals surface area (Å²) in [5.74, 6) is 0.262. The van der Waals surface area contributed by atoms with E-state index in [0.29, 0.717) is 23.2 Å². The zero-order chi connectivity index (χ0) is 16.8. The number of nitrogens with one attached hydrogen (secondary N) is 2. The van der Waals surface area contributed by atoms with Crippen LogP contribution in [0.1, 0.15) is 25.3 Å². The van der Waals surface area contributed by atoms with Crippen molar-refractivity contribution in [3.05, 3.63) is 28.8 Å². The summed E-state index contributed by atoms with van der Waals surface area (Å²) in [7, 11) is 0. The van der Waals surface area contributed by atoms with E-state index in [0.717, 1.165) is 25.1 Å². The van der Waals surface area contributed by atoms with Crippen LogP contribution < -0.4 is 10.6 Å². The number of rotatable bonds is 5. The van der Waals surface area contributed by atoms with Gasteiger partial charge in [0.1, 0.15) is 0 Å². The monoisotopic (exact) mass is 337 g/mol. The van der Waals surface area contributed by atoms with Crippen LogP contribution in [0.4, 0.5) is 5.69 Å². The number of hydrogen-bond acceptors (Lipinski definition) is 3. The molecule has 2 rings (SSSR count). The van der Waals surface area contributed by atoms with Gasteiger partial charge in [0.2, 0.25) is 11.8 Å². The van der Waals surface area contributed by atoms with E-state index in [4.69, 9.17) is 11.6 Å². The minimum absolute atomic E-state index is 0.0336. The predicted molar refractivity (Wildman–Crippen MR) is 92.7 cm³/mol. The van der Waals surface area contributed by atoms with Crippen LogP contribution in [0.2, 0.25) is 5.02 Å². The van der Waals surface area contributed by atoms with Crippen molar-refractivity contribution in [3.63, 3.8) is 0 Å². The highest BCUT2D eigenvalue weighted by Gasteiger charge is 2.18. The summed E-state index contributed by atoms with van der Waals surface area (Å²) in [6, 6.07) is 5.34. The lowest BCUT2D eigenvalue weighted by atomic mass is 10.0. The van der Waals surface area contributed by atoms with Crippen LogP contribution in [-0.4, -0.2) is 42.9 Å². The fourth-order valence-electron chi connectivity index (χ4n) is 2.81. The molecule has 1 atom stereocenters. The van der Waals surface area contributed by atoms with Crippen molar-refractivity contribution in [2.24, 2.45) is 5.92 Å². The fourth-order valence-corrected chi connectivity index (χ4v) is 2.98. The molecule has 1 fully saturated rings. The highest BCUT2D eigenvalue weighted by molar-refractivity contribution is 6.31. The first-order chi connectivity index (χ1) is 11.0. The number of carbonyl (C=O) groups excluding carboxylic acids is 2. The Morgan fingerprint density at radius 1 is 1.35 bits per heavy atom. The molecule has 1 saturated heterocycles. The number of benzene rings is 1. The third-order valence-corrected chi connectivity index (χ3v) is 4.51. The Kier molecular flexibility index (Phi) is 6.42. The topological polar surface area (TPSA) is 61.4 Å². The van der Waals surface area contributed by atoms with Gasteiger partial charge in [0, 0.05) is 17.3 Å². The molecule has 23 heavy (non-hydrogen) atoms. The first-order valence-corrected chi connectivity index (χ1v) is 8.37. The van der Waals surface area contributed by atoms with Gasteiger partial charge < -0.3 is 10.6 Å². The smallest absolute Gasteiger partial charge is 0.243 e. The first kappa shape index (κ1) is 17.8. The molecular formula is C17H24ClN3O2. The number of carbonyl (C=O) groups is 2. The van der Waals surface area contributed by atoms with Crippen molar-refractivity contribution in [2.75, 3.05) is 31.5 Å². The lowest BCUT2D eigenvalue weighted by Gasteiger charge is -2.30. The maximum atomic E-state index is 11.9. The average Bonchev–Trinajstić information content (AvgIpc) is 2.50. The standard InChI is InChI=1S/C17H24ClN3O2/c1-12-5-4-8-21(10-12)11-17(23)19-9-16(22)20-15-7-3-6-14(18)13(15)2/h3,6-7,12H,4-5,8-11H2,1-2H3,(H,19,23)(H,20,22)/t12-/m1/s1. The van der Waals surface area contributed by atoms with Crippen molar-refractivity contribution in [1.29, 1.82) is 0 Å². The van der Waals surface area contributed by atoms with Gasteiger partial charge >= 0.3 is 0 Å².